The molecule has 0 bridgehead atoms. The average Bonchev–Trinajstić information content (AvgIpc) is 2.67. The molecule has 1 fully saturated rings. The molecule has 0 aromatic heterocycles. The Kier molecular flexibility index (Phi) is 12.0. The average molecular weight is 532 g/mol. The number of benzene rings is 1. The van der Waals surface area contributed by atoms with E-state index in [1.165, 1.54) is 36.5 Å². The van der Waals surface area contributed by atoms with Gasteiger partial charge in [-0.15, -0.1) is 0 Å². The van der Waals surface area contributed by atoms with Crippen molar-refractivity contribution in [1.82, 2.24) is 0 Å². The quantitative estimate of drug-likeness (QED) is 0.0874. The summed E-state index contributed by atoms with van der Waals surface area (Å²) in [7, 11) is -0.526. The Balaban J connectivity index is 1.91. The van der Waals surface area contributed by atoms with Crippen LogP contribution in [0.4, 0.5) is 5.69 Å². The monoisotopic (exact) mass is 531 g/mol. The molecule has 1 aromatic carbocycles. The summed E-state index contributed by atoms with van der Waals surface area (Å²) in [4.78, 5) is 0. The second-order valence-electron chi connectivity index (χ2n) is 6.20. The standard InChI is InChI=1S/C16H26AsNO6S4/c19-23-24-27-11-10-25-17(26-12-13-28(20,21)22)14-6-8-16(9-7-14)18-15-4-2-1-3-5-15/h6-9,15,18-19H,1-5,10-13H2,(H,20,21,22). The fourth-order valence-corrected chi connectivity index (χ4v) is 18.1. The Morgan fingerprint density at radius 1 is 1.07 bits per heavy atom. The predicted molar refractivity (Wildman–Crippen MR) is 121 cm³/mol. The molecule has 7 nitrogen and oxygen atoms in total. The van der Waals surface area contributed by atoms with Gasteiger partial charge in [0.15, 0.2) is 0 Å². The fourth-order valence-electron chi connectivity index (χ4n) is 2.78. The number of hydrogen-bond donors (Lipinski definition) is 3. The molecule has 0 spiro atoms. The van der Waals surface area contributed by atoms with Crippen molar-refractivity contribution in [3.63, 3.8) is 0 Å². The van der Waals surface area contributed by atoms with E-state index in [2.05, 4.69) is 39.0 Å². The zero-order valence-electron chi connectivity index (χ0n) is 15.4. The van der Waals surface area contributed by atoms with E-state index in [1.807, 2.05) is 0 Å². The molecule has 28 heavy (non-hydrogen) atoms. The Morgan fingerprint density at radius 2 is 1.75 bits per heavy atom. The predicted octanol–water partition coefficient (Wildman–Crippen LogP) is 3.55. The zero-order chi connectivity index (χ0) is 20.2. The van der Waals surface area contributed by atoms with Gasteiger partial charge in [-0.3, -0.25) is 0 Å². The van der Waals surface area contributed by atoms with Crippen LogP contribution in [0.2, 0.25) is 0 Å². The van der Waals surface area contributed by atoms with E-state index in [-0.39, 0.29) is 5.75 Å². The van der Waals surface area contributed by atoms with Crippen LogP contribution in [-0.4, -0.2) is 59.6 Å². The maximum absolute atomic E-state index is 11.0. The van der Waals surface area contributed by atoms with Gasteiger partial charge < -0.3 is 0 Å². The molecule has 160 valence electrons. The van der Waals surface area contributed by atoms with Gasteiger partial charge >= 0.3 is 183 Å². The van der Waals surface area contributed by atoms with Crippen LogP contribution in [0.3, 0.4) is 0 Å². The van der Waals surface area contributed by atoms with Crippen molar-refractivity contribution in [2.45, 2.75) is 38.1 Å². The molecule has 1 aromatic rings. The van der Waals surface area contributed by atoms with Crippen molar-refractivity contribution in [2.24, 2.45) is 0 Å². The summed E-state index contributed by atoms with van der Waals surface area (Å²) in [5, 5.41) is 15.3. The fraction of sp³-hybridized carbons (Fsp3) is 0.625. The van der Waals surface area contributed by atoms with Crippen molar-refractivity contribution in [3.8, 4) is 0 Å². The molecule has 2 rings (SSSR count). The van der Waals surface area contributed by atoms with Gasteiger partial charge in [0.1, 0.15) is 0 Å². The van der Waals surface area contributed by atoms with E-state index in [1.54, 1.807) is 20.0 Å². The summed E-state index contributed by atoms with van der Waals surface area (Å²) in [5.74, 6) is 1.56. The minimum atomic E-state index is -3.94. The van der Waals surface area contributed by atoms with Gasteiger partial charge in [-0.1, -0.05) is 0 Å². The molecular formula is C16H26AsNO6S4. The van der Waals surface area contributed by atoms with E-state index in [9.17, 15) is 8.42 Å². The van der Waals surface area contributed by atoms with Crippen LogP contribution in [0, 0.1) is 0 Å². The van der Waals surface area contributed by atoms with Crippen molar-refractivity contribution < 1.29 is 27.6 Å². The van der Waals surface area contributed by atoms with Gasteiger partial charge in [0.2, 0.25) is 0 Å². The van der Waals surface area contributed by atoms with Crippen LogP contribution >= 0.6 is 32.1 Å². The Hall–Kier alpha value is 0.418. The van der Waals surface area contributed by atoms with Gasteiger partial charge in [0.05, 0.1) is 0 Å². The van der Waals surface area contributed by atoms with Crippen molar-refractivity contribution in [3.05, 3.63) is 24.3 Å². The molecule has 0 amide bonds. The second-order valence-corrected chi connectivity index (χ2v) is 20.3. The zero-order valence-corrected chi connectivity index (χ0v) is 20.5. The number of anilines is 1. The van der Waals surface area contributed by atoms with Crippen LogP contribution in [0.1, 0.15) is 32.1 Å². The Labute approximate surface area is 182 Å². The molecule has 1 aliphatic rings. The summed E-state index contributed by atoms with van der Waals surface area (Å²) in [6, 6.07) is 9.01. The summed E-state index contributed by atoms with van der Waals surface area (Å²) in [6.45, 7) is 0. The van der Waals surface area contributed by atoms with Crippen LogP contribution < -0.4 is 9.67 Å². The van der Waals surface area contributed by atoms with Gasteiger partial charge in [0, 0.05) is 0 Å². The SMILES string of the molecule is O=S(=O)(O)CCS[As](SCCSOOO)c1ccc(NC2CCCCC2)cc1. The third-order valence-electron chi connectivity index (χ3n) is 4.06. The van der Waals surface area contributed by atoms with Crippen LogP contribution in [0.15, 0.2) is 24.3 Å². The first-order chi connectivity index (χ1) is 13.5. The first-order valence-electron chi connectivity index (χ1n) is 8.95. The number of hydrogen-bond acceptors (Lipinski definition) is 9. The first-order valence-corrected chi connectivity index (χ1v) is 18.9. The van der Waals surface area contributed by atoms with Crippen LogP contribution in [-0.2, 0) is 19.5 Å². The molecular weight excluding hydrogens is 505 g/mol. The van der Waals surface area contributed by atoms with Crippen LogP contribution in [0.25, 0.3) is 0 Å². The number of rotatable bonds is 13. The summed E-state index contributed by atoms with van der Waals surface area (Å²) >= 11 is -0.604. The van der Waals surface area contributed by atoms with Gasteiger partial charge in [0.25, 0.3) is 0 Å². The molecule has 0 saturated heterocycles. The van der Waals surface area contributed by atoms with Gasteiger partial charge in [-0.2, -0.15) is 0 Å². The Morgan fingerprint density at radius 3 is 2.39 bits per heavy atom. The Bertz CT molecular complexity index is 658. The topological polar surface area (TPSA) is 105 Å². The third-order valence-corrected chi connectivity index (χ3v) is 19.3. The van der Waals surface area contributed by atoms with Crippen molar-refractivity contribution in [1.29, 1.82) is 0 Å². The summed E-state index contributed by atoms with van der Waals surface area (Å²) in [6.07, 6.45) is 6.34. The normalized spacial score (nSPS) is 16.8. The molecule has 12 heteroatoms. The van der Waals surface area contributed by atoms with Crippen molar-refractivity contribution >= 4 is 64.6 Å². The van der Waals surface area contributed by atoms with Gasteiger partial charge in [-0.05, 0) is 0 Å². The molecule has 1 saturated carbocycles. The molecule has 0 radical (unpaired) electrons. The van der Waals surface area contributed by atoms with Crippen molar-refractivity contribution in [2.75, 3.05) is 28.3 Å². The maximum atomic E-state index is 11.0. The number of nitrogens with one attached hydrogen (secondary N) is 1. The van der Waals surface area contributed by atoms with E-state index in [0.29, 0.717) is 17.5 Å². The molecule has 0 aliphatic heterocycles. The summed E-state index contributed by atoms with van der Waals surface area (Å²) in [5.41, 5.74) is 1.13. The van der Waals surface area contributed by atoms with Gasteiger partial charge in [-0.25, -0.2) is 0 Å². The van der Waals surface area contributed by atoms with E-state index in [0.717, 1.165) is 23.5 Å². The summed E-state index contributed by atoms with van der Waals surface area (Å²) < 4.78 is 36.6. The van der Waals surface area contributed by atoms with E-state index < -0.39 is 22.5 Å². The van der Waals surface area contributed by atoms with Crippen LogP contribution in [0.5, 0.6) is 0 Å². The molecule has 0 heterocycles. The molecule has 1 atom stereocenters. The van der Waals surface area contributed by atoms with E-state index >= 15 is 0 Å². The molecule has 1 aliphatic carbocycles. The van der Waals surface area contributed by atoms with E-state index in [4.69, 9.17) is 9.81 Å². The molecule has 3 N–H and O–H groups in total. The third kappa shape index (κ3) is 10.4. The second kappa shape index (κ2) is 13.7. The minimum absolute atomic E-state index is 0.235. The first kappa shape index (κ1) is 24.7. The molecule has 1 unspecified atom stereocenters.